The Morgan fingerprint density at radius 3 is 2.58 bits per heavy atom. The first-order valence-electron chi connectivity index (χ1n) is 8.86. The lowest BCUT2D eigenvalue weighted by molar-refractivity contribution is -0.145. The molecule has 0 spiro atoms. The Morgan fingerprint density at radius 1 is 1.27 bits per heavy atom. The van der Waals surface area contributed by atoms with Crippen molar-refractivity contribution in [3.63, 3.8) is 0 Å². The van der Waals surface area contributed by atoms with Crippen molar-refractivity contribution in [2.45, 2.75) is 32.6 Å². The van der Waals surface area contributed by atoms with E-state index >= 15 is 0 Å². The van der Waals surface area contributed by atoms with Crippen molar-refractivity contribution >= 4 is 34.0 Å². The standard InChI is InChI=1S/C19H23N3O3S/c1-2-13-3-5-15(6-4-13)20-19-21-16(12-26-19)11-17(23)22-9-7-14(8-10-22)18(24)25/h3-6,12,14H,2,7-11H2,1H3,(H,20,21)(H,24,25). The van der Waals surface area contributed by atoms with E-state index in [0.29, 0.717) is 25.9 Å². The van der Waals surface area contributed by atoms with E-state index in [-0.39, 0.29) is 18.2 Å². The second-order valence-electron chi connectivity index (χ2n) is 6.49. The van der Waals surface area contributed by atoms with E-state index in [2.05, 4.69) is 29.4 Å². The van der Waals surface area contributed by atoms with Gasteiger partial charge in [-0.3, -0.25) is 9.59 Å². The predicted octanol–water partition coefficient (Wildman–Crippen LogP) is 3.31. The third kappa shape index (κ3) is 4.60. The molecule has 0 radical (unpaired) electrons. The van der Waals surface area contributed by atoms with Crippen LogP contribution in [0.25, 0.3) is 0 Å². The lowest BCUT2D eigenvalue weighted by Gasteiger charge is -2.30. The monoisotopic (exact) mass is 373 g/mol. The van der Waals surface area contributed by atoms with Crippen molar-refractivity contribution in [2.75, 3.05) is 18.4 Å². The van der Waals surface area contributed by atoms with Gasteiger partial charge in [0.05, 0.1) is 18.0 Å². The van der Waals surface area contributed by atoms with Gasteiger partial charge in [0.1, 0.15) is 0 Å². The number of carbonyl (C=O) groups is 2. The van der Waals surface area contributed by atoms with Gasteiger partial charge in [0.25, 0.3) is 0 Å². The molecule has 7 heteroatoms. The number of carboxylic acids is 1. The largest absolute Gasteiger partial charge is 0.481 e. The highest BCUT2D eigenvalue weighted by Gasteiger charge is 2.27. The zero-order chi connectivity index (χ0) is 18.5. The molecule has 1 saturated heterocycles. The van der Waals surface area contributed by atoms with Crippen LogP contribution < -0.4 is 5.32 Å². The average Bonchev–Trinajstić information content (AvgIpc) is 3.09. The Balaban J connectivity index is 1.53. The molecular weight excluding hydrogens is 350 g/mol. The van der Waals surface area contributed by atoms with E-state index in [0.717, 1.165) is 22.9 Å². The van der Waals surface area contributed by atoms with Crippen LogP contribution in [0.4, 0.5) is 10.8 Å². The molecule has 26 heavy (non-hydrogen) atoms. The summed E-state index contributed by atoms with van der Waals surface area (Å²) in [5.41, 5.74) is 3.01. The molecule has 1 aromatic heterocycles. The first-order valence-corrected chi connectivity index (χ1v) is 9.74. The number of piperidine rings is 1. The second kappa shape index (κ2) is 8.31. The molecule has 1 aromatic carbocycles. The van der Waals surface area contributed by atoms with Gasteiger partial charge in [0, 0.05) is 24.2 Å². The van der Waals surface area contributed by atoms with Gasteiger partial charge in [-0.25, -0.2) is 4.98 Å². The number of carboxylic acid groups (broad SMARTS) is 1. The zero-order valence-electron chi connectivity index (χ0n) is 14.8. The Morgan fingerprint density at radius 2 is 1.96 bits per heavy atom. The van der Waals surface area contributed by atoms with Crippen LogP contribution in [0.3, 0.4) is 0 Å². The Hall–Kier alpha value is -2.41. The number of hydrogen-bond acceptors (Lipinski definition) is 5. The first-order chi connectivity index (χ1) is 12.5. The minimum absolute atomic E-state index is 0.0120. The number of anilines is 2. The molecule has 0 aliphatic carbocycles. The lowest BCUT2D eigenvalue weighted by Crippen LogP contribution is -2.41. The highest BCUT2D eigenvalue weighted by Crippen LogP contribution is 2.23. The molecule has 0 atom stereocenters. The van der Waals surface area contributed by atoms with Gasteiger partial charge >= 0.3 is 5.97 Å². The summed E-state index contributed by atoms with van der Waals surface area (Å²) < 4.78 is 0. The van der Waals surface area contributed by atoms with Crippen molar-refractivity contribution in [3.05, 3.63) is 40.9 Å². The summed E-state index contributed by atoms with van der Waals surface area (Å²) in [5, 5.41) is 15.0. The normalized spacial score (nSPS) is 15.0. The van der Waals surface area contributed by atoms with E-state index in [1.165, 1.54) is 16.9 Å². The van der Waals surface area contributed by atoms with Gasteiger partial charge in [-0.05, 0) is 37.0 Å². The first kappa shape index (κ1) is 18.4. The fourth-order valence-corrected chi connectivity index (χ4v) is 3.77. The molecule has 0 bridgehead atoms. The smallest absolute Gasteiger partial charge is 0.306 e. The lowest BCUT2D eigenvalue weighted by atomic mass is 9.97. The number of nitrogens with one attached hydrogen (secondary N) is 1. The molecule has 138 valence electrons. The van der Waals surface area contributed by atoms with E-state index in [1.54, 1.807) is 4.90 Å². The van der Waals surface area contributed by atoms with Gasteiger partial charge in [0.15, 0.2) is 5.13 Å². The number of likely N-dealkylation sites (tertiary alicyclic amines) is 1. The minimum atomic E-state index is -0.765. The summed E-state index contributed by atoms with van der Waals surface area (Å²) in [5.74, 6) is -1.08. The molecule has 1 fully saturated rings. The van der Waals surface area contributed by atoms with E-state index in [9.17, 15) is 9.59 Å². The van der Waals surface area contributed by atoms with Crippen LogP contribution in [0.2, 0.25) is 0 Å². The number of thiazole rings is 1. The molecule has 0 saturated carbocycles. The third-order valence-corrected chi connectivity index (χ3v) is 5.50. The number of aliphatic carboxylic acids is 1. The van der Waals surface area contributed by atoms with Crippen LogP contribution in [-0.2, 0) is 22.4 Å². The number of nitrogens with zero attached hydrogens (tertiary/aromatic N) is 2. The van der Waals surface area contributed by atoms with Crippen molar-refractivity contribution in [2.24, 2.45) is 5.92 Å². The molecule has 1 amide bonds. The number of carbonyl (C=O) groups excluding carboxylic acids is 1. The van der Waals surface area contributed by atoms with Crippen molar-refractivity contribution in [3.8, 4) is 0 Å². The predicted molar refractivity (Wildman–Crippen MR) is 102 cm³/mol. The van der Waals surface area contributed by atoms with E-state index in [1.807, 2.05) is 17.5 Å². The maximum atomic E-state index is 12.4. The van der Waals surface area contributed by atoms with Crippen LogP contribution in [-0.4, -0.2) is 40.0 Å². The molecule has 2 N–H and O–H groups in total. The summed E-state index contributed by atoms with van der Waals surface area (Å²) in [4.78, 5) is 29.6. The maximum absolute atomic E-state index is 12.4. The van der Waals surface area contributed by atoms with Gasteiger partial charge in [-0.2, -0.15) is 0 Å². The Bertz CT molecular complexity index is 765. The molecule has 2 aromatic rings. The minimum Gasteiger partial charge on any atom is -0.481 e. The summed E-state index contributed by atoms with van der Waals surface area (Å²) in [7, 11) is 0. The average molecular weight is 373 g/mol. The third-order valence-electron chi connectivity index (χ3n) is 4.69. The van der Waals surface area contributed by atoms with Gasteiger partial charge < -0.3 is 15.3 Å². The molecule has 2 heterocycles. The molecular formula is C19H23N3O3S. The Kier molecular flexibility index (Phi) is 5.88. The number of aromatic nitrogens is 1. The van der Waals surface area contributed by atoms with Crippen LogP contribution in [0.15, 0.2) is 29.6 Å². The number of rotatable bonds is 6. The quantitative estimate of drug-likeness (QED) is 0.812. The van der Waals surface area contributed by atoms with Gasteiger partial charge in [-0.15, -0.1) is 11.3 Å². The van der Waals surface area contributed by atoms with Crippen LogP contribution in [0.1, 0.15) is 31.0 Å². The maximum Gasteiger partial charge on any atom is 0.306 e. The van der Waals surface area contributed by atoms with Crippen LogP contribution in [0, 0.1) is 5.92 Å². The highest BCUT2D eigenvalue weighted by molar-refractivity contribution is 7.13. The summed E-state index contributed by atoms with van der Waals surface area (Å²) in [6.07, 6.45) is 2.32. The summed E-state index contributed by atoms with van der Waals surface area (Å²) >= 11 is 1.48. The molecule has 1 aliphatic rings. The fraction of sp³-hybridized carbons (Fsp3) is 0.421. The second-order valence-corrected chi connectivity index (χ2v) is 7.35. The SMILES string of the molecule is CCc1ccc(Nc2nc(CC(=O)N3CCC(C(=O)O)CC3)cs2)cc1. The number of hydrogen-bond donors (Lipinski definition) is 2. The topological polar surface area (TPSA) is 82.5 Å². The molecule has 6 nitrogen and oxygen atoms in total. The zero-order valence-corrected chi connectivity index (χ0v) is 15.6. The van der Waals surface area contributed by atoms with Gasteiger partial charge in [0.2, 0.25) is 5.91 Å². The number of amides is 1. The molecule has 0 unspecified atom stereocenters. The number of aryl methyl sites for hydroxylation is 1. The van der Waals surface area contributed by atoms with Crippen molar-refractivity contribution in [1.82, 2.24) is 9.88 Å². The Labute approximate surface area is 156 Å². The summed E-state index contributed by atoms with van der Waals surface area (Å²) in [6.45, 7) is 3.14. The van der Waals surface area contributed by atoms with Crippen molar-refractivity contribution in [1.29, 1.82) is 0 Å². The van der Waals surface area contributed by atoms with Crippen LogP contribution >= 0.6 is 11.3 Å². The van der Waals surface area contributed by atoms with E-state index < -0.39 is 5.97 Å². The fourth-order valence-electron chi connectivity index (χ4n) is 3.04. The molecule has 1 aliphatic heterocycles. The molecule has 3 rings (SSSR count). The van der Waals surface area contributed by atoms with E-state index in [4.69, 9.17) is 5.11 Å². The van der Waals surface area contributed by atoms with Crippen LogP contribution in [0.5, 0.6) is 0 Å². The summed E-state index contributed by atoms with van der Waals surface area (Å²) in [6, 6.07) is 8.22. The van der Waals surface area contributed by atoms with Crippen molar-refractivity contribution < 1.29 is 14.7 Å². The van der Waals surface area contributed by atoms with Gasteiger partial charge in [-0.1, -0.05) is 19.1 Å². The highest BCUT2D eigenvalue weighted by atomic mass is 32.1. The number of benzene rings is 1.